The first-order valence-electron chi connectivity index (χ1n) is 8.89. The van der Waals surface area contributed by atoms with E-state index in [1.807, 2.05) is 20.8 Å². The third-order valence-electron chi connectivity index (χ3n) is 5.08. The first-order valence-corrected chi connectivity index (χ1v) is 8.89. The van der Waals surface area contributed by atoms with Gasteiger partial charge < -0.3 is 14.8 Å². The van der Waals surface area contributed by atoms with E-state index in [9.17, 15) is 9.59 Å². The van der Waals surface area contributed by atoms with Crippen LogP contribution in [0.15, 0.2) is 42.5 Å². The SMILES string of the molecule is COc1cccc(C(=O)C(C)(NC(=O)c2cccc(OC)c2C)C(C)C)c1. The van der Waals surface area contributed by atoms with Crippen LogP contribution in [0.25, 0.3) is 0 Å². The van der Waals surface area contributed by atoms with Crippen molar-refractivity contribution in [3.05, 3.63) is 59.2 Å². The minimum absolute atomic E-state index is 0.119. The number of hydrogen-bond acceptors (Lipinski definition) is 4. The fraction of sp³-hybridized carbons (Fsp3) is 0.364. The Bertz CT molecular complexity index is 844. The van der Waals surface area contributed by atoms with E-state index < -0.39 is 5.54 Å². The van der Waals surface area contributed by atoms with Gasteiger partial charge in [-0.3, -0.25) is 9.59 Å². The van der Waals surface area contributed by atoms with Crippen LogP contribution in [0.3, 0.4) is 0 Å². The number of benzene rings is 2. The van der Waals surface area contributed by atoms with Gasteiger partial charge in [0, 0.05) is 16.7 Å². The van der Waals surface area contributed by atoms with Gasteiger partial charge in [0.25, 0.3) is 5.91 Å². The summed E-state index contributed by atoms with van der Waals surface area (Å²) in [7, 11) is 3.12. The monoisotopic (exact) mass is 369 g/mol. The van der Waals surface area contributed by atoms with Crippen molar-refractivity contribution >= 4 is 11.7 Å². The molecule has 144 valence electrons. The number of ketones is 1. The van der Waals surface area contributed by atoms with E-state index >= 15 is 0 Å². The van der Waals surface area contributed by atoms with Crippen molar-refractivity contribution in [2.24, 2.45) is 5.92 Å². The topological polar surface area (TPSA) is 64.6 Å². The van der Waals surface area contributed by atoms with E-state index in [0.29, 0.717) is 22.6 Å². The molecule has 1 unspecified atom stereocenters. The van der Waals surface area contributed by atoms with Crippen molar-refractivity contribution < 1.29 is 19.1 Å². The van der Waals surface area contributed by atoms with Crippen molar-refractivity contribution in [3.63, 3.8) is 0 Å². The number of nitrogens with one attached hydrogen (secondary N) is 1. The quantitative estimate of drug-likeness (QED) is 0.748. The number of carbonyl (C=O) groups is 2. The summed E-state index contributed by atoms with van der Waals surface area (Å²) in [6.07, 6.45) is 0. The van der Waals surface area contributed by atoms with Crippen LogP contribution >= 0.6 is 0 Å². The molecule has 2 aromatic carbocycles. The predicted molar refractivity (Wildman–Crippen MR) is 106 cm³/mol. The second kappa shape index (κ2) is 8.25. The number of carbonyl (C=O) groups excluding carboxylic acids is 2. The van der Waals surface area contributed by atoms with Crippen LogP contribution in [0, 0.1) is 12.8 Å². The van der Waals surface area contributed by atoms with Crippen molar-refractivity contribution in [2.45, 2.75) is 33.2 Å². The molecule has 1 amide bonds. The summed E-state index contributed by atoms with van der Waals surface area (Å²) in [6, 6.07) is 12.2. The van der Waals surface area contributed by atoms with Crippen molar-refractivity contribution in [1.29, 1.82) is 0 Å². The largest absolute Gasteiger partial charge is 0.497 e. The zero-order chi connectivity index (χ0) is 20.2. The summed E-state index contributed by atoms with van der Waals surface area (Å²) in [5.41, 5.74) is 0.643. The molecule has 0 radical (unpaired) electrons. The molecular formula is C22H27NO4. The number of hydrogen-bond donors (Lipinski definition) is 1. The molecule has 5 nitrogen and oxygen atoms in total. The average Bonchev–Trinajstić information content (AvgIpc) is 2.67. The molecule has 0 aromatic heterocycles. The Hall–Kier alpha value is -2.82. The minimum atomic E-state index is -1.07. The molecule has 0 aliphatic rings. The molecule has 0 fully saturated rings. The normalized spacial score (nSPS) is 13.0. The molecular weight excluding hydrogens is 342 g/mol. The lowest BCUT2D eigenvalue weighted by molar-refractivity contribution is 0.0729. The van der Waals surface area contributed by atoms with E-state index in [1.165, 1.54) is 0 Å². The molecule has 27 heavy (non-hydrogen) atoms. The van der Waals surface area contributed by atoms with Crippen LogP contribution in [-0.4, -0.2) is 31.4 Å². The number of ether oxygens (including phenoxy) is 2. The van der Waals surface area contributed by atoms with Gasteiger partial charge in [-0.15, -0.1) is 0 Å². The van der Waals surface area contributed by atoms with Gasteiger partial charge in [0.05, 0.1) is 14.2 Å². The van der Waals surface area contributed by atoms with Crippen LogP contribution in [0.2, 0.25) is 0 Å². The van der Waals surface area contributed by atoms with E-state index in [-0.39, 0.29) is 17.6 Å². The molecule has 5 heteroatoms. The summed E-state index contributed by atoms with van der Waals surface area (Å²) < 4.78 is 10.5. The molecule has 2 rings (SSSR count). The molecule has 0 aliphatic carbocycles. The lowest BCUT2D eigenvalue weighted by Crippen LogP contribution is -2.56. The highest BCUT2D eigenvalue weighted by Gasteiger charge is 2.39. The van der Waals surface area contributed by atoms with Crippen molar-refractivity contribution in [2.75, 3.05) is 14.2 Å². The van der Waals surface area contributed by atoms with E-state index in [0.717, 1.165) is 5.56 Å². The van der Waals surface area contributed by atoms with Crippen LogP contribution < -0.4 is 14.8 Å². The third kappa shape index (κ3) is 4.13. The summed E-state index contributed by atoms with van der Waals surface area (Å²) in [5, 5.41) is 2.95. The van der Waals surface area contributed by atoms with Gasteiger partial charge in [-0.2, -0.15) is 0 Å². The minimum Gasteiger partial charge on any atom is -0.497 e. The third-order valence-corrected chi connectivity index (χ3v) is 5.08. The van der Waals surface area contributed by atoms with Crippen LogP contribution in [0.4, 0.5) is 0 Å². The molecule has 1 atom stereocenters. The lowest BCUT2D eigenvalue weighted by Gasteiger charge is -2.33. The van der Waals surface area contributed by atoms with Crippen molar-refractivity contribution in [1.82, 2.24) is 5.32 Å². The second-order valence-corrected chi connectivity index (χ2v) is 7.01. The molecule has 0 saturated heterocycles. The Balaban J connectivity index is 2.38. The molecule has 0 saturated carbocycles. The summed E-state index contributed by atoms with van der Waals surface area (Å²) in [6.45, 7) is 7.41. The molecule has 0 spiro atoms. The maximum absolute atomic E-state index is 13.3. The Kier molecular flexibility index (Phi) is 6.26. The zero-order valence-electron chi connectivity index (χ0n) is 16.8. The fourth-order valence-corrected chi connectivity index (χ4v) is 2.91. The lowest BCUT2D eigenvalue weighted by atomic mass is 9.81. The van der Waals surface area contributed by atoms with Gasteiger partial charge in [-0.25, -0.2) is 0 Å². The first-order chi connectivity index (χ1) is 12.7. The fourth-order valence-electron chi connectivity index (χ4n) is 2.91. The van der Waals surface area contributed by atoms with E-state index in [2.05, 4.69) is 5.32 Å². The Morgan fingerprint density at radius 1 is 1.04 bits per heavy atom. The second-order valence-electron chi connectivity index (χ2n) is 7.01. The highest BCUT2D eigenvalue weighted by Crippen LogP contribution is 2.26. The Morgan fingerprint density at radius 2 is 1.70 bits per heavy atom. The number of amides is 1. The van der Waals surface area contributed by atoms with Gasteiger partial charge in [-0.1, -0.05) is 32.0 Å². The highest BCUT2D eigenvalue weighted by atomic mass is 16.5. The number of methoxy groups -OCH3 is 2. The molecule has 2 aromatic rings. The van der Waals surface area contributed by atoms with Gasteiger partial charge >= 0.3 is 0 Å². The van der Waals surface area contributed by atoms with Crippen LogP contribution in [-0.2, 0) is 0 Å². The molecule has 0 aliphatic heterocycles. The number of Topliss-reactive ketones (excluding diaryl/α,β-unsaturated/α-hetero) is 1. The maximum atomic E-state index is 13.3. The van der Waals surface area contributed by atoms with Gasteiger partial charge in [0.2, 0.25) is 0 Å². The number of rotatable bonds is 7. The van der Waals surface area contributed by atoms with Gasteiger partial charge in [0.1, 0.15) is 17.0 Å². The predicted octanol–water partition coefficient (Wildman–Crippen LogP) is 4.04. The summed E-state index contributed by atoms with van der Waals surface area (Å²) >= 11 is 0. The van der Waals surface area contributed by atoms with Gasteiger partial charge in [0.15, 0.2) is 5.78 Å². The average molecular weight is 369 g/mol. The van der Waals surface area contributed by atoms with Crippen LogP contribution in [0.1, 0.15) is 47.1 Å². The van der Waals surface area contributed by atoms with Crippen molar-refractivity contribution in [3.8, 4) is 11.5 Å². The Labute approximate surface area is 160 Å². The highest BCUT2D eigenvalue weighted by molar-refractivity contribution is 6.07. The smallest absolute Gasteiger partial charge is 0.252 e. The molecule has 0 bridgehead atoms. The summed E-state index contributed by atoms with van der Waals surface area (Å²) in [4.78, 5) is 26.2. The van der Waals surface area contributed by atoms with E-state index in [4.69, 9.17) is 9.47 Å². The Morgan fingerprint density at radius 3 is 2.30 bits per heavy atom. The first kappa shape index (κ1) is 20.5. The summed E-state index contributed by atoms with van der Waals surface area (Å²) in [5.74, 6) is 0.644. The standard InChI is InChI=1S/C22H27NO4/c1-14(2)22(4,20(24)16-9-7-10-17(13-16)26-5)23-21(25)18-11-8-12-19(27-6)15(18)3/h7-14H,1-6H3,(H,23,25). The van der Waals surface area contributed by atoms with Gasteiger partial charge in [-0.05, 0) is 44.0 Å². The van der Waals surface area contributed by atoms with E-state index in [1.54, 1.807) is 63.6 Å². The maximum Gasteiger partial charge on any atom is 0.252 e. The zero-order valence-corrected chi connectivity index (χ0v) is 16.8. The molecule has 0 heterocycles. The van der Waals surface area contributed by atoms with Crippen LogP contribution in [0.5, 0.6) is 11.5 Å². The molecule has 1 N–H and O–H groups in total.